The quantitative estimate of drug-likeness (QED) is 0.201. The summed E-state index contributed by atoms with van der Waals surface area (Å²) in [7, 11) is 10.00. The third kappa shape index (κ3) is 23.7. The Morgan fingerprint density at radius 1 is 0.614 bits per heavy atom. The van der Waals surface area contributed by atoms with E-state index in [2.05, 4.69) is 16.0 Å². The lowest BCUT2D eigenvalue weighted by molar-refractivity contribution is -0.155. The number of likely N-dealkylation sites (tertiary alicyclic amines) is 1. The van der Waals surface area contributed by atoms with E-state index in [-0.39, 0.29) is 94.9 Å². The maximum atomic E-state index is 15.3. The molecule has 101 heavy (non-hydrogen) atoms. The van der Waals surface area contributed by atoms with Crippen molar-refractivity contribution in [3.63, 3.8) is 0 Å². The Balaban J connectivity index is 1.34. The van der Waals surface area contributed by atoms with Gasteiger partial charge in [0.25, 0.3) is 0 Å². The van der Waals surface area contributed by atoms with Gasteiger partial charge in [-0.3, -0.25) is 57.5 Å². The van der Waals surface area contributed by atoms with Crippen LogP contribution in [0.15, 0.2) is 18.2 Å². The van der Waals surface area contributed by atoms with Gasteiger partial charge in [-0.15, -0.1) is 0 Å². The molecule has 3 N–H and O–H groups in total. The van der Waals surface area contributed by atoms with Crippen LogP contribution in [0.3, 0.4) is 0 Å². The summed E-state index contributed by atoms with van der Waals surface area (Å²) >= 11 is 6.11. The van der Waals surface area contributed by atoms with Crippen LogP contribution in [0.25, 0.3) is 0 Å². The Labute approximate surface area is 599 Å². The number of piperidine rings is 1. The number of alkyl halides is 3. The number of amides is 12. The molecule has 0 bridgehead atoms. The number of benzene rings is 1. The summed E-state index contributed by atoms with van der Waals surface area (Å²) < 4.78 is 47.1. The van der Waals surface area contributed by atoms with Crippen LogP contribution in [-0.2, 0) is 74.9 Å². The predicted molar refractivity (Wildman–Crippen MR) is 373 cm³/mol. The van der Waals surface area contributed by atoms with Crippen LogP contribution in [0.2, 0.25) is 5.02 Å². The first-order valence-electron chi connectivity index (χ1n) is 36.5. The number of carbonyl (C=O) groups is 12. The van der Waals surface area contributed by atoms with E-state index in [1.54, 1.807) is 11.9 Å². The zero-order valence-electron chi connectivity index (χ0n) is 61.2. The van der Waals surface area contributed by atoms with Crippen LogP contribution in [0, 0.1) is 17.8 Å². The zero-order chi connectivity index (χ0) is 74.4. The minimum Gasteiger partial charge on any atom is -0.379 e. The largest absolute Gasteiger partial charge is 0.417 e. The SMILES string of the molecule is CCCOC[C@@H]1NC(=O)[C@H](CC(C)C)N(C)C(=O)C[C@@H](C(=O)N2CCCCC2)N(C)C(=O)[C@H](C2CCCCC2)N(C)C(=O)CCCCNC(=O)[C@@H]2CCCN2C(=O)[C@H](CCc2ccc(C(F)(F)F)c(Cl)c2)NC(=O)CN(C)C(=O)[C@H](CC2CCCCC2)N(C)C(=O)CN(C)C(=O)CN(C)C1=O. The summed E-state index contributed by atoms with van der Waals surface area (Å²) in [6, 6.07) is -5.22. The standard InChI is InChI=1S/C72H112ClF3N12O13/c1-11-38-101-46-54-67(96)82(6)44-62(92)80(4)45-63(93)84(8)57(41-48-24-15-12-16-25-48)69(98)81(5)43-59(89)78-53(33-31-49-30-32-51(52(73)40-49)72(74,75)76)68(97)88-37-23-28-55(88)65(94)77-34-20-19-29-60(90)86(10)64(50-26-17-13-18-27-50)71(100)85(9)58(70(99)87-35-21-14-22-36-87)42-61(91)83(7)56(39-47(2)3)66(95)79-54/h30,32,40,47-48,50,53-58,64H,11-29,31,33-39,41-46H2,1-10H3,(H,77,94)(H,78,89)(H,79,95)/t53-,54-,55-,56-,57-,58-,64-/m0/s1. The van der Waals surface area contributed by atoms with Gasteiger partial charge in [0, 0.05) is 88.5 Å². The van der Waals surface area contributed by atoms with Crippen LogP contribution in [0.1, 0.15) is 180 Å². The molecule has 0 radical (unpaired) electrons. The second-order valence-corrected chi connectivity index (χ2v) is 29.4. The van der Waals surface area contributed by atoms with E-state index in [9.17, 15) is 65.9 Å². The van der Waals surface area contributed by atoms with Crippen LogP contribution in [0.4, 0.5) is 13.2 Å². The van der Waals surface area contributed by atoms with Gasteiger partial charge in [0.2, 0.25) is 70.9 Å². The topological polar surface area (TPSA) is 279 Å². The number of nitrogens with one attached hydrogen (secondary N) is 3. The van der Waals surface area contributed by atoms with E-state index < -0.39 is 150 Å². The highest BCUT2D eigenvalue weighted by molar-refractivity contribution is 6.31. The molecule has 1 aromatic rings. The molecule has 0 aromatic heterocycles. The summed E-state index contributed by atoms with van der Waals surface area (Å²) in [4.78, 5) is 187. The molecule has 3 heterocycles. The molecule has 29 heteroatoms. The van der Waals surface area contributed by atoms with Gasteiger partial charge in [0.1, 0.15) is 42.3 Å². The predicted octanol–water partition coefficient (Wildman–Crippen LogP) is 5.66. The van der Waals surface area contributed by atoms with E-state index in [0.717, 1.165) is 84.6 Å². The summed E-state index contributed by atoms with van der Waals surface area (Å²) in [6.45, 7) is 4.78. The van der Waals surface area contributed by atoms with Gasteiger partial charge in [-0.25, -0.2) is 0 Å². The number of nitrogens with zero attached hydrogens (tertiary/aromatic N) is 9. The van der Waals surface area contributed by atoms with Crippen molar-refractivity contribution in [1.82, 2.24) is 60.0 Å². The lowest BCUT2D eigenvalue weighted by atomic mass is 9.82. The smallest absolute Gasteiger partial charge is 0.379 e. The molecular weight excluding hydrogens is 1330 g/mol. The summed E-state index contributed by atoms with van der Waals surface area (Å²) in [5.74, 6) is -7.72. The lowest BCUT2D eigenvalue weighted by Gasteiger charge is -2.41. The summed E-state index contributed by atoms with van der Waals surface area (Å²) in [6.07, 6.45) is 7.13. The zero-order valence-corrected chi connectivity index (χ0v) is 61.9. The number of aryl methyl sites for hydroxylation is 1. The van der Waals surface area contributed by atoms with Crippen LogP contribution < -0.4 is 16.0 Å². The second-order valence-electron chi connectivity index (χ2n) is 29.0. The van der Waals surface area contributed by atoms with Crippen molar-refractivity contribution >= 4 is 82.5 Å². The highest BCUT2D eigenvalue weighted by Crippen LogP contribution is 2.36. The van der Waals surface area contributed by atoms with Crippen molar-refractivity contribution in [3.8, 4) is 0 Å². The van der Waals surface area contributed by atoms with Gasteiger partial charge < -0.3 is 64.8 Å². The molecule has 566 valence electrons. The number of hydrogen-bond donors (Lipinski definition) is 3. The highest BCUT2D eigenvalue weighted by atomic mass is 35.5. The number of fused-ring (bicyclic) bond motifs is 1. The molecule has 6 rings (SSSR count). The Morgan fingerprint density at radius 2 is 1.24 bits per heavy atom. The van der Waals surface area contributed by atoms with Crippen molar-refractivity contribution < 1.29 is 75.4 Å². The number of ether oxygens (including phenoxy) is 1. The normalized spacial score (nSPS) is 25.6. The summed E-state index contributed by atoms with van der Waals surface area (Å²) in [5.41, 5.74) is -0.733. The van der Waals surface area contributed by atoms with Gasteiger partial charge in [0.05, 0.1) is 43.2 Å². The van der Waals surface area contributed by atoms with Gasteiger partial charge in [-0.1, -0.05) is 89.8 Å². The van der Waals surface area contributed by atoms with E-state index in [1.807, 2.05) is 20.8 Å². The van der Waals surface area contributed by atoms with Crippen LogP contribution in [-0.4, -0.2) is 266 Å². The van der Waals surface area contributed by atoms with E-state index in [1.165, 1.54) is 72.9 Å². The maximum absolute atomic E-state index is 15.3. The van der Waals surface area contributed by atoms with Crippen molar-refractivity contribution in [3.05, 3.63) is 34.3 Å². The second kappa shape index (κ2) is 39.5. The van der Waals surface area contributed by atoms with Crippen LogP contribution in [0.5, 0.6) is 0 Å². The molecule has 5 fully saturated rings. The van der Waals surface area contributed by atoms with Crippen molar-refractivity contribution in [2.24, 2.45) is 17.8 Å². The fourth-order valence-electron chi connectivity index (χ4n) is 14.6. The van der Waals surface area contributed by atoms with Crippen LogP contribution >= 0.6 is 11.6 Å². The summed E-state index contributed by atoms with van der Waals surface area (Å²) in [5, 5.41) is 7.88. The number of halogens is 4. The molecule has 7 atom stereocenters. The maximum Gasteiger partial charge on any atom is 0.417 e. The van der Waals surface area contributed by atoms with E-state index >= 15 is 4.79 Å². The average Bonchev–Trinajstić information content (AvgIpc) is 1.13. The Kier molecular flexibility index (Phi) is 32.4. The molecule has 2 aliphatic carbocycles. The highest BCUT2D eigenvalue weighted by Gasteiger charge is 2.45. The minimum atomic E-state index is -4.74. The first-order chi connectivity index (χ1) is 47.8. The molecular formula is C72H112ClF3N12O13. The molecule has 0 spiro atoms. The molecule has 5 aliphatic rings. The fourth-order valence-corrected chi connectivity index (χ4v) is 15.0. The number of carbonyl (C=O) groups excluding carboxylic acids is 12. The van der Waals surface area contributed by atoms with Crippen molar-refractivity contribution in [1.29, 1.82) is 0 Å². The Hall–Kier alpha value is -7.10. The van der Waals surface area contributed by atoms with Gasteiger partial charge in [-0.05, 0) is 125 Å². The number of hydrogen-bond acceptors (Lipinski definition) is 13. The number of likely N-dealkylation sites (N-methyl/N-ethyl adjacent to an activating group) is 7. The van der Waals surface area contributed by atoms with E-state index in [4.69, 9.17) is 16.3 Å². The first kappa shape index (κ1) is 82.9. The minimum absolute atomic E-state index is 0.0210. The average molecular weight is 1450 g/mol. The molecule has 3 saturated heterocycles. The molecule has 2 saturated carbocycles. The van der Waals surface area contributed by atoms with Crippen molar-refractivity contribution in [2.75, 3.05) is 108 Å². The molecule has 1 aromatic carbocycles. The van der Waals surface area contributed by atoms with E-state index in [0.29, 0.717) is 63.6 Å². The molecule has 25 nitrogen and oxygen atoms in total. The van der Waals surface area contributed by atoms with Crippen molar-refractivity contribution in [2.45, 2.75) is 223 Å². The fraction of sp³-hybridized carbons (Fsp3) is 0.750. The molecule has 12 amide bonds. The Morgan fingerprint density at radius 3 is 1.87 bits per heavy atom. The Bertz CT molecular complexity index is 3040. The van der Waals surface area contributed by atoms with Gasteiger partial charge in [0.15, 0.2) is 0 Å². The molecule has 3 aliphatic heterocycles. The lowest BCUT2D eigenvalue weighted by Crippen LogP contribution is -2.59. The third-order valence-corrected chi connectivity index (χ3v) is 21.1. The molecule has 0 unspecified atom stereocenters. The number of rotatable bonds is 13. The third-order valence-electron chi connectivity index (χ3n) is 20.8. The van der Waals surface area contributed by atoms with Gasteiger partial charge >= 0.3 is 6.18 Å². The monoisotopic (exact) mass is 1440 g/mol. The van der Waals surface area contributed by atoms with Gasteiger partial charge in [-0.2, -0.15) is 13.2 Å². The first-order valence-corrected chi connectivity index (χ1v) is 36.9.